The lowest BCUT2D eigenvalue weighted by Crippen LogP contribution is -2.20. The largest absolute Gasteiger partial charge is 0.368 e. The van der Waals surface area contributed by atoms with Gasteiger partial charge in [-0.05, 0) is 19.3 Å². The summed E-state index contributed by atoms with van der Waals surface area (Å²) < 4.78 is 5.45. The van der Waals surface area contributed by atoms with Crippen LogP contribution in [0, 0.1) is 0 Å². The van der Waals surface area contributed by atoms with Gasteiger partial charge in [0.25, 0.3) is 0 Å². The molecule has 13 heavy (non-hydrogen) atoms. The van der Waals surface area contributed by atoms with Gasteiger partial charge in [-0.3, -0.25) is 0 Å². The molecular weight excluding hydrogens is 164 g/mol. The predicted molar refractivity (Wildman–Crippen MR) is 55.6 cm³/mol. The zero-order chi connectivity index (χ0) is 10.1. The van der Waals surface area contributed by atoms with Crippen LogP contribution < -0.4 is 0 Å². The standard InChI is InChI=1S/C11H24O2/c1-4-7-8-9-10(5-2)13-11(12)6-3/h10-12H,4-9H2,1-3H3. The Morgan fingerprint density at radius 2 is 1.77 bits per heavy atom. The zero-order valence-corrected chi connectivity index (χ0v) is 9.25. The van der Waals surface area contributed by atoms with E-state index in [0.717, 1.165) is 12.8 Å². The SMILES string of the molecule is CCCCCC(CC)OC(O)CC. The highest BCUT2D eigenvalue weighted by Crippen LogP contribution is 2.12. The monoisotopic (exact) mass is 188 g/mol. The molecule has 0 heterocycles. The fourth-order valence-corrected chi connectivity index (χ4v) is 1.31. The van der Waals surface area contributed by atoms with Gasteiger partial charge in [-0.25, -0.2) is 0 Å². The summed E-state index contributed by atoms with van der Waals surface area (Å²) in [6, 6.07) is 0. The average Bonchev–Trinajstić information content (AvgIpc) is 2.16. The Kier molecular flexibility index (Phi) is 8.46. The highest BCUT2D eigenvalue weighted by atomic mass is 16.6. The van der Waals surface area contributed by atoms with Gasteiger partial charge < -0.3 is 9.84 Å². The van der Waals surface area contributed by atoms with Crippen LogP contribution in [0.2, 0.25) is 0 Å². The summed E-state index contributed by atoms with van der Waals surface area (Å²) in [4.78, 5) is 0. The van der Waals surface area contributed by atoms with E-state index in [1.54, 1.807) is 0 Å². The first-order chi connectivity index (χ1) is 6.24. The van der Waals surface area contributed by atoms with E-state index < -0.39 is 6.29 Å². The third-order valence-electron chi connectivity index (χ3n) is 2.28. The fraction of sp³-hybridized carbons (Fsp3) is 1.00. The van der Waals surface area contributed by atoms with Crippen LogP contribution in [0.15, 0.2) is 0 Å². The average molecular weight is 188 g/mol. The van der Waals surface area contributed by atoms with Crippen molar-refractivity contribution in [3.05, 3.63) is 0 Å². The normalized spacial score (nSPS) is 15.7. The number of rotatable bonds is 8. The highest BCUT2D eigenvalue weighted by molar-refractivity contribution is 4.56. The first-order valence-electron chi connectivity index (χ1n) is 5.58. The molecule has 0 saturated heterocycles. The van der Waals surface area contributed by atoms with Crippen molar-refractivity contribution in [1.29, 1.82) is 0 Å². The van der Waals surface area contributed by atoms with Gasteiger partial charge in [0.15, 0.2) is 6.29 Å². The lowest BCUT2D eigenvalue weighted by Gasteiger charge is -2.19. The minimum Gasteiger partial charge on any atom is -0.368 e. The molecule has 0 amide bonds. The third-order valence-corrected chi connectivity index (χ3v) is 2.28. The molecule has 0 aliphatic rings. The minimum atomic E-state index is -0.563. The molecule has 2 nitrogen and oxygen atoms in total. The second kappa shape index (κ2) is 8.52. The number of unbranched alkanes of at least 4 members (excludes halogenated alkanes) is 2. The molecule has 0 aromatic carbocycles. The predicted octanol–water partition coefficient (Wildman–Crippen LogP) is 3.09. The molecule has 2 heteroatoms. The van der Waals surface area contributed by atoms with Crippen molar-refractivity contribution < 1.29 is 9.84 Å². The third kappa shape index (κ3) is 7.03. The first kappa shape index (κ1) is 12.9. The summed E-state index contributed by atoms with van der Waals surface area (Å²) >= 11 is 0. The van der Waals surface area contributed by atoms with E-state index in [4.69, 9.17) is 4.74 Å². The van der Waals surface area contributed by atoms with Crippen molar-refractivity contribution in [3.63, 3.8) is 0 Å². The summed E-state index contributed by atoms with van der Waals surface area (Å²) in [6.07, 6.45) is 6.18. The topological polar surface area (TPSA) is 29.5 Å². The number of aliphatic hydroxyl groups excluding tert-OH is 1. The van der Waals surface area contributed by atoms with Crippen molar-refractivity contribution in [2.45, 2.75) is 71.7 Å². The number of hydrogen-bond donors (Lipinski definition) is 1. The number of ether oxygens (including phenoxy) is 1. The van der Waals surface area contributed by atoms with Crippen LogP contribution in [-0.2, 0) is 4.74 Å². The van der Waals surface area contributed by atoms with E-state index in [9.17, 15) is 5.11 Å². The van der Waals surface area contributed by atoms with Crippen LogP contribution in [0.3, 0.4) is 0 Å². The molecule has 0 saturated carbocycles. The Labute approximate surface area is 82.3 Å². The van der Waals surface area contributed by atoms with Gasteiger partial charge in [-0.2, -0.15) is 0 Å². The van der Waals surface area contributed by atoms with E-state index >= 15 is 0 Å². The zero-order valence-electron chi connectivity index (χ0n) is 9.25. The van der Waals surface area contributed by atoms with E-state index in [-0.39, 0.29) is 6.10 Å². The Hall–Kier alpha value is -0.0800. The van der Waals surface area contributed by atoms with Gasteiger partial charge in [0.05, 0.1) is 6.10 Å². The van der Waals surface area contributed by atoms with E-state index in [1.807, 2.05) is 6.92 Å². The lowest BCUT2D eigenvalue weighted by atomic mass is 10.1. The van der Waals surface area contributed by atoms with Crippen molar-refractivity contribution in [2.75, 3.05) is 0 Å². The molecule has 2 unspecified atom stereocenters. The van der Waals surface area contributed by atoms with Gasteiger partial charge in [-0.15, -0.1) is 0 Å². The molecule has 0 fully saturated rings. The van der Waals surface area contributed by atoms with Crippen molar-refractivity contribution >= 4 is 0 Å². The van der Waals surface area contributed by atoms with Gasteiger partial charge in [-0.1, -0.05) is 40.0 Å². The van der Waals surface area contributed by atoms with E-state index in [0.29, 0.717) is 6.42 Å². The van der Waals surface area contributed by atoms with E-state index in [1.165, 1.54) is 19.3 Å². The maximum Gasteiger partial charge on any atom is 0.154 e. The Morgan fingerprint density at radius 3 is 2.23 bits per heavy atom. The molecule has 0 aromatic heterocycles. The Morgan fingerprint density at radius 1 is 1.08 bits per heavy atom. The van der Waals surface area contributed by atoms with Crippen LogP contribution in [0.4, 0.5) is 0 Å². The van der Waals surface area contributed by atoms with Gasteiger partial charge >= 0.3 is 0 Å². The minimum absolute atomic E-state index is 0.251. The lowest BCUT2D eigenvalue weighted by molar-refractivity contribution is -0.139. The molecule has 0 spiro atoms. The van der Waals surface area contributed by atoms with E-state index in [2.05, 4.69) is 13.8 Å². The van der Waals surface area contributed by atoms with Crippen LogP contribution in [0.25, 0.3) is 0 Å². The van der Waals surface area contributed by atoms with Crippen LogP contribution in [0.5, 0.6) is 0 Å². The Balaban J connectivity index is 3.50. The summed E-state index contributed by atoms with van der Waals surface area (Å²) in [5.74, 6) is 0. The second-order valence-electron chi connectivity index (χ2n) is 3.53. The second-order valence-corrected chi connectivity index (χ2v) is 3.53. The molecule has 2 atom stereocenters. The van der Waals surface area contributed by atoms with Crippen LogP contribution in [-0.4, -0.2) is 17.5 Å². The van der Waals surface area contributed by atoms with Crippen molar-refractivity contribution in [1.82, 2.24) is 0 Å². The number of hydrogen-bond acceptors (Lipinski definition) is 2. The summed E-state index contributed by atoms with van der Waals surface area (Å²) in [7, 11) is 0. The summed E-state index contributed by atoms with van der Waals surface area (Å²) in [6.45, 7) is 6.24. The van der Waals surface area contributed by atoms with Crippen LogP contribution >= 0.6 is 0 Å². The maximum absolute atomic E-state index is 9.29. The molecule has 0 aliphatic heterocycles. The highest BCUT2D eigenvalue weighted by Gasteiger charge is 2.10. The van der Waals surface area contributed by atoms with Crippen LogP contribution in [0.1, 0.15) is 59.3 Å². The fourth-order valence-electron chi connectivity index (χ4n) is 1.31. The molecule has 0 aliphatic carbocycles. The summed E-state index contributed by atoms with van der Waals surface area (Å²) in [5.41, 5.74) is 0. The maximum atomic E-state index is 9.29. The van der Waals surface area contributed by atoms with Crippen molar-refractivity contribution in [3.8, 4) is 0 Å². The smallest absolute Gasteiger partial charge is 0.154 e. The molecular formula is C11H24O2. The quantitative estimate of drug-likeness (QED) is 0.468. The van der Waals surface area contributed by atoms with Gasteiger partial charge in [0.2, 0.25) is 0 Å². The molecule has 0 radical (unpaired) electrons. The molecule has 0 aromatic rings. The first-order valence-corrected chi connectivity index (χ1v) is 5.58. The number of aliphatic hydroxyl groups is 1. The van der Waals surface area contributed by atoms with Gasteiger partial charge in [0.1, 0.15) is 0 Å². The molecule has 0 rings (SSSR count). The molecule has 80 valence electrons. The molecule has 0 bridgehead atoms. The molecule has 1 N–H and O–H groups in total. The van der Waals surface area contributed by atoms with Crippen molar-refractivity contribution in [2.24, 2.45) is 0 Å². The van der Waals surface area contributed by atoms with Gasteiger partial charge in [0, 0.05) is 0 Å². The summed E-state index contributed by atoms with van der Waals surface area (Å²) in [5, 5.41) is 9.29. The Bertz CT molecular complexity index is 104.